The first-order chi connectivity index (χ1) is 6.37. The molecule has 84 valence electrons. The highest BCUT2D eigenvalue weighted by molar-refractivity contribution is 5.01. The molecule has 1 heteroatoms. The van der Waals surface area contributed by atoms with Gasteiger partial charge in [-0.15, -0.1) is 0 Å². The maximum Gasteiger partial charge on any atom is 0.00966 e. The van der Waals surface area contributed by atoms with E-state index in [1.807, 2.05) is 0 Å². The smallest absolute Gasteiger partial charge is 0.00966 e. The Hall–Kier alpha value is -0.300. The summed E-state index contributed by atoms with van der Waals surface area (Å²) in [5.74, 6) is 0.740. The van der Waals surface area contributed by atoms with Crippen LogP contribution in [0, 0.1) is 5.92 Å². The molecular weight excluding hydrogens is 170 g/mol. The predicted octanol–water partition coefficient (Wildman–Crippen LogP) is 3.76. The van der Waals surface area contributed by atoms with Gasteiger partial charge in [0.15, 0.2) is 0 Å². The third kappa shape index (κ3) is 7.14. The van der Waals surface area contributed by atoms with Gasteiger partial charge >= 0.3 is 0 Å². The topological polar surface area (TPSA) is 12.0 Å². The minimum Gasteiger partial charge on any atom is -0.312 e. The fraction of sp³-hybridized carbons (Fsp3) is 0.846. The number of nitrogens with one attached hydrogen (secondary N) is 1. The second-order valence-corrected chi connectivity index (χ2v) is 5.22. The molecule has 0 amide bonds. The zero-order chi connectivity index (χ0) is 11.2. The highest BCUT2D eigenvalue weighted by Crippen LogP contribution is 2.13. The molecule has 0 rings (SSSR count). The van der Waals surface area contributed by atoms with Crippen molar-refractivity contribution in [3.05, 3.63) is 11.6 Å². The normalized spacial score (nSPS) is 15.7. The minimum absolute atomic E-state index is 0.248. The first kappa shape index (κ1) is 13.7. The van der Waals surface area contributed by atoms with E-state index in [0.717, 1.165) is 18.9 Å². The quantitative estimate of drug-likeness (QED) is 0.523. The second-order valence-electron chi connectivity index (χ2n) is 5.22. The van der Waals surface area contributed by atoms with Crippen molar-refractivity contribution in [3.63, 3.8) is 0 Å². The van der Waals surface area contributed by atoms with Gasteiger partial charge in [-0.3, -0.25) is 0 Å². The molecule has 1 N–H and O–H groups in total. The van der Waals surface area contributed by atoms with Gasteiger partial charge in [-0.25, -0.2) is 0 Å². The van der Waals surface area contributed by atoms with Gasteiger partial charge < -0.3 is 5.32 Å². The van der Waals surface area contributed by atoms with Crippen LogP contribution < -0.4 is 5.32 Å². The maximum atomic E-state index is 3.49. The molecule has 0 aliphatic carbocycles. The van der Waals surface area contributed by atoms with Crippen molar-refractivity contribution in [1.82, 2.24) is 5.32 Å². The summed E-state index contributed by atoms with van der Waals surface area (Å²) < 4.78 is 0. The Morgan fingerprint density at radius 1 is 1.36 bits per heavy atom. The lowest BCUT2D eigenvalue weighted by Gasteiger charge is -2.20. The van der Waals surface area contributed by atoms with Crippen LogP contribution in [0.4, 0.5) is 0 Å². The summed E-state index contributed by atoms with van der Waals surface area (Å²) in [4.78, 5) is 0. The van der Waals surface area contributed by atoms with E-state index in [9.17, 15) is 0 Å². The average Bonchev–Trinajstić information content (AvgIpc) is 2.09. The van der Waals surface area contributed by atoms with Crippen molar-refractivity contribution in [2.45, 2.75) is 59.9 Å². The average molecular weight is 197 g/mol. The van der Waals surface area contributed by atoms with Gasteiger partial charge in [0.05, 0.1) is 0 Å². The van der Waals surface area contributed by atoms with Gasteiger partial charge in [-0.2, -0.15) is 0 Å². The molecule has 0 heterocycles. The predicted molar refractivity (Wildman–Crippen MR) is 65.6 cm³/mol. The van der Waals surface area contributed by atoms with Crippen LogP contribution in [0.5, 0.6) is 0 Å². The van der Waals surface area contributed by atoms with Crippen LogP contribution in [0.2, 0.25) is 0 Å². The molecule has 1 unspecified atom stereocenters. The molecular formula is C13H27N. The van der Waals surface area contributed by atoms with E-state index in [2.05, 4.69) is 52.9 Å². The standard InChI is InChI=1S/C13H27N/c1-7-11(2)12(3)9-8-10-14-13(4,5)6/h9,11,14H,7-8,10H2,1-6H3. The van der Waals surface area contributed by atoms with Gasteiger partial charge in [0.2, 0.25) is 0 Å². The van der Waals surface area contributed by atoms with E-state index < -0.39 is 0 Å². The Morgan fingerprint density at radius 2 is 1.93 bits per heavy atom. The van der Waals surface area contributed by atoms with Crippen molar-refractivity contribution in [3.8, 4) is 0 Å². The fourth-order valence-corrected chi connectivity index (χ4v) is 1.27. The lowest BCUT2D eigenvalue weighted by Crippen LogP contribution is -2.36. The van der Waals surface area contributed by atoms with Crippen LogP contribution in [0.3, 0.4) is 0 Å². The summed E-state index contributed by atoms with van der Waals surface area (Å²) in [6, 6.07) is 0. The molecule has 0 saturated carbocycles. The number of rotatable bonds is 5. The second kappa shape index (κ2) is 6.23. The molecule has 0 aromatic carbocycles. The van der Waals surface area contributed by atoms with E-state index >= 15 is 0 Å². The lowest BCUT2D eigenvalue weighted by atomic mass is 9.99. The summed E-state index contributed by atoms with van der Waals surface area (Å²) in [5, 5.41) is 3.49. The maximum absolute atomic E-state index is 3.49. The Balaban J connectivity index is 3.72. The molecule has 0 spiro atoms. The molecule has 0 aromatic heterocycles. The summed E-state index contributed by atoms with van der Waals surface area (Å²) in [6.07, 6.45) is 4.76. The monoisotopic (exact) mass is 197 g/mol. The van der Waals surface area contributed by atoms with Crippen LogP contribution in [-0.2, 0) is 0 Å². The summed E-state index contributed by atoms with van der Waals surface area (Å²) in [7, 11) is 0. The van der Waals surface area contributed by atoms with Gasteiger partial charge in [0.25, 0.3) is 0 Å². The minimum atomic E-state index is 0.248. The first-order valence-corrected chi connectivity index (χ1v) is 5.78. The SMILES string of the molecule is CCC(C)C(C)=CCCNC(C)(C)C. The molecule has 0 aromatic rings. The number of hydrogen-bond donors (Lipinski definition) is 1. The molecule has 0 fully saturated rings. The zero-order valence-corrected chi connectivity index (χ0v) is 10.8. The number of allylic oxidation sites excluding steroid dienone is 1. The van der Waals surface area contributed by atoms with E-state index in [4.69, 9.17) is 0 Å². The van der Waals surface area contributed by atoms with E-state index in [0.29, 0.717) is 0 Å². The van der Waals surface area contributed by atoms with Crippen LogP contribution in [0.1, 0.15) is 54.4 Å². The van der Waals surface area contributed by atoms with Gasteiger partial charge in [-0.05, 0) is 53.0 Å². The Labute approximate surface area is 90.0 Å². The van der Waals surface area contributed by atoms with Gasteiger partial charge in [-0.1, -0.05) is 25.5 Å². The molecule has 1 atom stereocenters. The molecule has 0 bridgehead atoms. The van der Waals surface area contributed by atoms with Crippen molar-refractivity contribution < 1.29 is 0 Å². The summed E-state index contributed by atoms with van der Waals surface area (Å²) in [6.45, 7) is 14.5. The van der Waals surface area contributed by atoms with Crippen LogP contribution in [0.15, 0.2) is 11.6 Å². The molecule has 14 heavy (non-hydrogen) atoms. The van der Waals surface area contributed by atoms with Crippen LogP contribution in [0.25, 0.3) is 0 Å². The molecule has 0 aliphatic rings. The summed E-state index contributed by atoms with van der Waals surface area (Å²) >= 11 is 0. The van der Waals surface area contributed by atoms with Crippen LogP contribution >= 0.6 is 0 Å². The van der Waals surface area contributed by atoms with E-state index in [1.54, 1.807) is 0 Å². The molecule has 0 radical (unpaired) electrons. The van der Waals surface area contributed by atoms with Gasteiger partial charge in [0.1, 0.15) is 0 Å². The Bertz CT molecular complexity index is 174. The summed E-state index contributed by atoms with van der Waals surface area (Å²) in [5.41, 5.74) is 1.78. The molecule has 0 aliphatic heterocycles. The van der Waals surface area contributed by atoms with Crippen molar-refractivity contribution in [2.24, 2.45) is 5.92 Å². The van der Waals surface area contributed by atoms with Crippen molar-refractivity contribution in [1.29, 1.82) is 0 Å². The highest BCUT2D eigenvalue weighted by atomic mass is 14.9. The van der Waals surface area contributed by atoms with Crippen molar-refractivity contribution >= 4 is 0 Å². The zero-order valence-electron chi connectivity index (χ0n) is 10.8. The highest BCUT2D eigenvalue weighted by Gasteiger charge is 2.06. The number of hydrogen-bond acceptors (Lipinski definition) is 1. The van der Waals surface area contributed by atoms with Crippen molar-refractivity contribution in [2.75, 3.05) is 6.54 Å². The van der Waals surface area contributed by atoms with Gasteiger partial charge in [0, 0.05) is 5.54 Å². The Kier molecular flexibility index (Phi) is 6.10. The third-order valence-electron chi connectivity index (χ3n) is 2.66. The molecule has 1 nitrogen and oxygen atoms in total. The first-order valence-electron chi connectivity index (χ1n) is 5.78. The molecule has 0 saturated heterocycles. The van der Waals surface area contributed by atoms with E-state index in [-0.39, 0.29) is 5.54 Å². The lowest BCUT2D eigenvalue weighted by molar-refractivity contribution is 0.430. The third-order valence-corrected chi connectivity index (χ3v) is 2.66. The fourth-order valence-electron chi connectivity index (χ4n) is 1.27. The van der Waals surface area contributed by atoms with E-state index in [1.165, 1.54) is 12.0 Å². The van der Waals surface area contributed by atoms with Crippen LogP contribution in [-0.4, -0.2) is 12.1 Å². The largest absolute Gasteiger partial charge is 0.312 e. The Morgan fingerprint density at radius 3 is 2.36 bits per heavy atom.